The van der Waals surface area contributed by atoms with E-state index in [4.69, 9.17) is 11.6 Å². The van der Waals surface area contributed by atoms with Gasteiger partial charge in [0.2, 0.25) is 0 Å². The average molecular weight is 298 g/mol. The highest BCUT2D eigenvalue weighted by Crippen LogP contribution is 2.28. The van der Waals surface area contributed by atoms with E-state index in [-0.39, 0.29) is 28.2 Å². The summed E-state index contributed by atoms with van der Waals surface area (Å²) in [5.74, 6) is -0.373. The van der Waals surface area contributed by atoms with Crippen LogP contribution >= 0.6 is 11.6 Å². The molecule has 1 heterocycles. The molecule has 1 saturated heterocycles. The molecule has 20 heavy (non-hydrogen) atoms. The van der Waals surface area contributed by atoms with Crippen LogP contribution in [0.15, 0.2) is 18.2 Å². The van der Waals surface area contributed by atoms with Gasteiger partial charge >= 0.3 is 0 Å². The molecular weight excluding hydrogens is 282 g/mol. The van der Waals surface area contributed by atoms with Crippen LogP contribution in [0.25, 0.3) is 0 Å². The minimum absolute atomic E-state index is 0.0177. The molecule has 1 unspecified atom stereocenters. The summed E-state index contributed by atoms with van der Waals surface area (Å²) in [4.78, 5) is 24.6. The Bertz CT molecular complexity index is 536. The third-order valence-corrected chi connectivity index (χ3v) is 3.83. The number of nitrogens with one attached hydrogen (secondary N) is 1. The maximum atomic E-state index is 12.5. The maximum Gasteiger partial charge on any atom is 0.283 e. The van der Waals surface area contributed by atoms with Crippen LogP contribution in [0.1, 0.15) is 23.2 Å². The molecule has 1 fully saturated rings. The number of likely N-dealkylation sites (N-methyl/N-ethyl adjacent to an activating group) is 1. The first-order valence-corrected chi connectivity index (χ1v) is 6.82. The van der Waals surface area contributed by atoms with Gasteiger partial charge in [0.15, 0.2) is 0 Å². The van der Waals surface area contributed by atoms with Gasteiger partial charge < -0.3 is 10.2 Å². The van der Waals surface area contributed by atoms with Crippen molar-refractivity contribution < 1.29 is 9.72 Å². The van der Waals surface area contributed by atoms with E-state index in [1.807, 2.05) is 7.05 Å². The van der Waals surface area contributed by atoms with Gasteiger partial charge in [0.05, 0.1) is 9.95 Å². The van der Waals surface area contributed by atoms with Crippen molar-refractivity contribution in [2.75, 3.05) is 20.1 Å². The lowest BCUT2D eigenvalue weighted by atomic mass is 10.0. The van der Waals surface area contributed by atoms with Crippen molar-refractivity contribution in [1.29, 1.82) is 0 Å². The Morgan fingerprint density at radius 1 is 1.55 bits per heavy atom. The Morgan fingerprint density at radius 2 is 2.30 bits per heavy atom. The van der Waals surface area contributed by atoms with Gasteiger partial charge in [-0.3, -0.25) is 14.9 Å². The molecule has 0 saturated carbocycles. The number of rotatable bonds is 3. The molecule has 0 bridgehead atoms. The smallest absolute Gasteiger partial charge is 0.283 e. The van der Waals surface area contributed by atoms with Crippen molar-refractivity contribution in [3.05, 3.63) is 38.9 Å². The zero-order valence-corrected chi connectivity index (χ0v) is 11.9. The summed E-state index contributed by atoms with van der Waals surface area (Å²) in [6.45, 7) is 1.14. The first-order valence-electron chi connectivity index (χ1n) is 6.44. The van der Waals surface area contributed by atoms with Crippen molar-refractivity contribution in [2.45, 2.75) is 18.9 Å². The van der Waals surface area contributed by atoms with Gasteiger partial charge in [0, 0.05) is 25.2 Å². The van der Waals surface area contributed by atoms with Gasteiger partial charge in [-0.1, -0.05) is 17.7 Å². The predicted octanol–water partition coefficient (Wildman–Crippen LogP) is 2.07. The Balaban J connectivity index is 2.31. The highest BCUT2D eigenvalue weighted by atomic mass is 35.5. The van der Waals surface area contributed by atoms with Crippen molar-refractivity contribution in [3.8, 4) is 0 Å². The normalized spacial score (nSPS) is 18.9. The van der Waals surface area contributed by atoms with E-state index in [9.17, 15) is 14.9 Å². The van der Waals surface area contributed by atoms with E-state index >= 15 is 0 Å². The molecule has 0 radical (unpaired) electrons. The number of hydrogen-bond donors (Lipinski definition) is 1. The van der Waals surface area contributed by atoms with E-state index in [2.05, 4.69) is 5.32 Å². The lowest BCUT2D eigenvalue weighted by Gasteiger charge is -2.32. The van der Waals surface area contributed by atoms with E-state index < -0.39 is 4.92 Å². The number of hydrogen-bond acceptors (Lipinski definition) is 4. The van der Waals surface area contributed by atoms with Crippen LogP contribution in [0.2, 0.25) is 5.02 Å². The summed E-state index contributed by atoms with van der Waals surface area (Å²) in [5, 5.41) is 14.3. The highest BCUT2D eigenvalue weighted by molar-refractivity contribution is 6.34. The Kier molecular flexibility index (Phi) is 4.57. The Hall–Kier alpha value is -1.66. The van der Waals surface area contributed by atoms with E-state index in [1.165, 1.54) is 18.2 Å². The molecule has 1 atom stereocenters. The molecule has 1 aliphatic heterocycles. The third-order valence-electron chi connectivity index (χ3n) is 3.52. The molecule has 1 aromatic rings. The van der Waals surface area contributed by atoms with Crippen LogP contribution in [-0.2, 0) is 0 Å². The second-order valence-corrected chi connectivity index (χ2v) is 5.18. The number of piperidine rings is 1. The fraction of sp³-hybridized carbons (Fsp3) is 0.462. The second-order valence-electron chi connectivity index (χ2n) is 4.77. The number of nitro groups is 1. The predicted molar refractivity (Wildman–Crippen MR) is 76.1 cm³/mol. The Morgan fingerprint density at radius 3 is 2.95 bits per heavy atom. The van der Waals surface area contributed by atoms with Gasteiger partial charge in [-0.25, -0.2) is 0 Å². The molecule has 0 aliphatic carbocycles. The number of carbonyl (C=O) groups is 1. The van der Waals surface area contributed by atoms with Crippen molar-refractivity contribution in [1.82, 2.24) is 10.2 Å². The zero-order valence-electron chi connectivity index (χ0n) is 11.1. The minimum Gasteiger partial charge on any atom is -0.337 e. The Labute approximate surface area is 121 Å². The fourth-order valence-electron chi connectivity index (χ4n) is 2.43. The summed E-state index contributed by atoms with van der Waals surface area (Å²) in [5.41, 5.74) is -0.259. The molecule has 2 rings (SSSR count). The van der Waals surface area contributed by atoms with Crippen LogP contribution in [0.5, 0.6) is 0 Å². The van der Waals surface area contributed by atoms with Crippen molar-refractivity contribution in [3.63, 3.8) is 0 Å². The van der Waals surface area contributed by atoms with Gasteiger partial charge in [-0.2, -0.15) is 0 Å². The number of nitro benzene ring substituents is 1. The largest absolute Gasteiger partial charge is 0.337 e. The van der Waals surface area contributed by atoms with Crippen LogP contribution in [0.3, 0.4) is 0 Å². The molecule has 1 aromatic carbocycles. The van der Waals surface area contributed by atoms with Crippen molar-refractivity contribution >= 4 is 23.2 Å². The number of benzene rings is 1. The third kappa shape index (κ3) is 2.91. The standard InChI is InChI=1S/C13H16ClN3O3/c1-15-9-4-3-7-16(8-9)13(18)12-10(14)5-2-6-11(12)17(19)20/h2,5-6,9,15H,3-4,7-8H2,1H3. The lowest BCUT2D eigenvalue weighted by Crippen LogP contribution is -2.47. The molecule has 1 N–H and O–H groups in total. The monoisotopic (exact) mass is 297 g/mol. The molecule has 108 valence electrons. The number of halogens is 1. The summed E-state index contributed by atoms with van der Waals surface area (Å²) in [6.07, 6.45) is 1.86. The first-order chi connectivity index (χ1) is 9.54. The molecule has 7 heteroatoms. The molecular formula is C13H16ClN3O3. The molecule has 1 amide bonds. The number of likely N-dealkylation sites (tertiary alicyclic amines) is 1. The summed E-state index contributed by atoms with van der Waals surface area (Å²) >= 11 is 5.99. The SMILES string of the molecule is CNC1CCCN(C(=O)c2c(Cl)cccc2[N+](=O)[O-])C1. The van der Waals surface area contributed by atoms with Gasteiger partial charge in [0.1, 0.15) is 5.56 Å². The average Bonchev–Trinajstić information content (AvgIpc) is 2.46. The molecule has 0 spiro atoms. The zero-order chi connectivity index (χ0) is 14.7. The van der Waals surface area contributed by atoms with E-state index in [0.717, 1.165) is 12.8 Å². The van der Waals surface area contributed by atoms with Gasteiger partial charge in [-0.15, -0.1) is 0 Å². The highest BCUT2D eigenvalue weighted by Gasteiger charge is 2.30. The van der Waals surface area contributed by atoms with Crippen LogP contribution in [0.4, 0.5) is 5.69 Å². The number of carbonyl (C=O) groups excluding carboxylic acids is 1. The van der Waals surface area contributed by atoms with E-state index in [0.29, 0.717) is 13.1 Å². The summed E-state index contributed by atoms with van der Waals surface area (Å²) < 4.78 is 0. The number of nitrogens with zero attached hydrogens (tertiary/aromatic N) is 2. The lowest BCUT2D eigenvalue weighted by molar-refractivity contribution is -0.385. The topological polar surface area (TPSA) is 75.5 Å². The maximum absolute atomic E-state index is 12.5. The van der Waals surface area contributed by atoms with Gasteiger partial charge in [0.25, 0.3) is 11.6 Å². The van der Waals surface area contributed by atoms with Crippen molar-refractivity contribution in [2.24, 2.45) is 0 Å². The second kappa shape index (κ2) is 6.19. The van der Waals surface area contributed by atoms with Crippen LogP contribution < -0.4 is 5.32 Å². The molecule has 1 aliphatic rings. The minimum atomic E-state index is -0.571. The molecule has 6 nitrogen and oxygen atoms in total. The fourth-order valence-corrected chi connectivity index (χ4v) is 2.68. The first kappa shape index (κ1) is 14.7. The van der Waals surface area contributed by atoms with Crippen LogP contribution in [0, 0.1) is 10.1 Å². The summed E-state index contributed by atoms with van der Waals surface area (Å²) in [7, 11) is 1.84. The summed E-state index contributed by atoms with van der Waals surface area (Å²) in [6, 6.07) is 4.50. The quantitative estimate of drug-likeness (QED) is 0.684. The molecule has 0 aromatic heterocycles. The number of amides is 1. The van der Waals surface area contributed by atoms with E-state index in [1.54, 1.807) is 4.90 Å². The van der Waals surface area contributed by atoms with Gasteiger partial charge in [-0.05, 0) is 26.0 Å². The van der Waals surface area contributed by atoms with Crippen LogP contribution in [-0.4, -0.2) is 41.9 Å².